The van der Waals surface area contributed by atoms with Gasteiger partial charge in [0.25, 0.3) is 10.1 Å². The SMILES string of the molecule is CC(C)(C)OC(=O)N1CCCC1COS(=O)(=O)Cc1ccccc1. The van der Waals surface area contributed by atoms with Gasteiger partial charge in [-0.05, 0) is 39.2 Å². The number of hydrogen-bond donors (Lipinski definition) is 0. The fourth-order valence-corrected chi connectivity index (χ4v) is 3.62. The molecule has 6 nitrogen and oxygen atoms in total. The van der Waals surface area contributed by atoms with E-state index in [1.54, 1.807) is 49.9 Å². The largest absolute Gasteiger partial charge is 0.444 e. The standard InChI is InChI=1S/C17H25NO5S/c1-17(2,3)23-16(19)18-11-7-10-15(18)12-22-24(20,21)13-14-8-5-4-6-9-14/h4-6,8-9,15H,7,10-13H2,1-3H3. The molecule has 1 amide bonds. The Kier molecular flexibility index (Phi) is 5.87. The van der Waals surface area contributed by atoms with Crippen molar-refractivity contribution >= 4 is 16.2 Å². The number of hydrogen-bond acceptors (Lipinski definition) is 5. The Morgan fingerprint density at radius 1 is 1.25 bits per heavy atom. The van der Waals surface area contributed by atoms with Crippen LogP contribution in [0.3, 0.4) is 0 Å². The smallest absolute Gasteiger partial charge is 0.410 e. The molecule has 0 radical (unpaired) electrons. The summed E-state index contributed by atoms with van der Waals surface area (Å²) in [6.07, 6.45) is 1.10. The maximum absolute atomic E-state index is 12.2. The topological polar surface area (TPSA) is 72.9 Å². The molecular formula is C17H25NO5S. The van der Waals surface area contributed by atoms with Gasteiger partial charge in [0.1, 0.15) is 11.4 Å². The number of benzene rings is 1. The Hall–Kier alpha value is -1.60. The Morgan fingerprint density at radius 3 is 2.54 bits per heavy atom. The molecule has 0 N–H and O–H groups in total. The molecule has 1 fully saturated rings. The molecule has 1 aromatic rings. The predicted octanol–water partition coefficient (Wildman–Crippen LogP) is 2.93. The van der Waals surface area contributed by atoms with Gasteiger partial charge in [0, 0.05) is 6.54 Å². The lowest BCUT2D eigenvalue weighted by molar-refractivity contribution is 0.0189. The fraction of sp³-hybridized carbons (Fsp3) is 0.588. The van der Waals surface area contributed by atoms with Crippen LogP contribution in [0, 0.1) is 0 Å². The quantitative estimate of drug-likeness (QED) is 0.759. The summed E-state index contributed by atoms with van der Waals surface area (Å²) < 4.78 is 34.7. The van der Waals surface area contributed by atoms with E-state index in [9.17, 15) is 13.2 Å². The number of ether oxygens (including phenoxy) is 1. The van der Waals surface area contributed by atoms with Crippen LogP contribution in [0.15, 0.2) is 30.3 Å². The van der Waals surface area contributed by atoms with Crippen LogP contribution in [0.1, 0.15) is 39.2 Å². The van der Waals surface area contributed by atoms with Crippen molar-refractivity contribution in [1.29, 1.82) is 0 Å². The molecule has 1 saturated heterocycles. The summed E-state index contributed by atoms with van der Waals surface area (Å²) in [6.45, 7) is 5.93. The van der Waals surface area contributed by atoms with Gasteiger partial charge in [-0.3, -0.25) is 4.18 Å². The lowest BCUT2D eigenvalue weighted by atomic mass is 10.2. The van der Waals surface area contributed by atoms with Crippen molar-refractivity contribution in [2.24, 2.45) is 0 Å². The summed E-state index contributed by atoms with van der Waals surface area (Å²) in [5, 5.41) is 0. The van der Waals surface area contributed by atoms with Gasteiger partial charge in [-0.15, -0.1) is 0 Å². The minimum atomic E-state index is -3.69. The number of carbonyl (C=O) groups is 1. The second-order valence-electron chi connectivity index (χ2n) is 6.94. The van der Waals surface area contributed by atoms with Gasteiger partial charge in [0.2, 0.25) is 0 Å². The molecule has 0 aromatic heterocycles. The highest BCUT2D eigenvalue weighted by atomic mass is 32.2. The van der Waals surface area contributed by atoms with E-state index in [-0.39, 0.29) is 18.4 Å². The third kappa shape index (κ3) is 5.79. The van der Waals surface area contributed by atoms with E-state index < -0.39 is 21.8 Å². The van der Waals surface area contributed by atoms with Crippen LogP contribution in [0.5, 0.6) is 0 Å². The molecule has 24 heavy (non-hydrogen) atoms. The van der Waals surface area contributed by atoms with Crippen LogP contribution >= 0.6 is 0 Å². The van der Waals surface area contributed by atoms with Crippen LogP contribution in [-0.4, -0.2) is 44.2 Å². The summed E-state index contributed by atoms with van der Waals surface area (Å²) in [7, 11) is -3.69. The maximum Gasteiger partial charge on any atom is 0.410 e. The highest BCUT2D eigenvalue weighted by Crippen LogP contribution is 2.22. The molecule has 0 saturated carbocycles. The van der Waals surface area contributed by atoms with Crippen LogP contribution in [-0.2, 0) is 24.8 Å². The highest BCUT2D eigenvalue weighted by Gasteiger charge is 2.33. The summed E-state index contributed by atoms with van der Waals surface area (Å²) in [5.41, 5.74) is 0.0951. The molecular weight excluding hydrogens is 330 g/mol. The third-order valence-electron chi connectivity index (χ3n) is 3.63. The van der Waals surface area contributed by atoms with Crippen molar-refractivity contribution in [1.82, 2.24) is 4.90 Å². The molecule has 1 aliphatic heterocycles. The average molecular weight is 355 g/mol. The van der Waals surface area contributed by atoms with E-state index in [0.29, 0.717) is 18.5 Å². The molecule has 1 unspecified atom stereocenters. The Labute approximate surface area is 143 Å². The van der Waals surface area contributed by atoms with Gasteiger partial charge in [-0.25, -0.2) is 4.79 Å². The minimum Gasteiger partial charge on any atom is -0.444 e. The Bertz CT molecular complexity index is 651. The summed E-state index contributed by atoms with van der Waals surface area (Å²) >= 11 is 0. The molecule has 1 aliphatic rings. The molecule has 1 aromatic carbocycles. The first-order chi connectivity index (χ1) is 11.2. The van der Waals surface area contributed by atoms with Crippen molar-refractivity contribution in [2.75, 3.05) is 13.2 Å². The molecule has 1 heterocycles. The zero-order valence-corrected chi connectivity index (χ0v) is 15.2. The van der Waals surface area contributed by atoms with Crippen LogP contribution in [0.2, 0.25) is 0 Å². The first-order valence-corrected chi connectivity index (χ1v) is 9.65. The van der Waals surface area contributed by atoms with Gasteiger partial charge in [-0.2, -0.15) is 8.42 Å². The lowest BCUT2D eigenvalue weighted by Gasteiger charge is -2.28. The summed E-state index contributed by atoms with van der Waals surface area (Å²) in [5.74, 6) is -0.174. The number of carbonyl (C=O) groups excluding carboxylic acids is 1. The van der Waals surface area contributed by atoms with Gasteiger partial charge in [0.15, 0.2) is 0 Å². The Morgan fingerprint density at radius 2 is 1.92 bits per heavy atom. The van der Waals surface area contributed by atoms with Crippen LogP contribution in [0.4, 0.5) is 4.79 Å². The molecule has 0 aliphatic carbocycles. The number of rotatable bonds is 5. The van der Waals surface area contributed by atoms with Gasteiger partial charge < -0.3 is 9.64 Å². The van der Waals surface area contributed by atoms with Crippen molar-refractivity contribution in [3.8, 4) is 0 Å². The van der Waals surface area contributed by atoms with Crippen molar-refractivity contribution in [2.45, 2.75) is 51.0 Å². The highest BCUT2D eigenvalue weighted by molar-refractivity contribution is 7.85. The van der Waals surface area contributed by atoms with Crippen LogP contribution < -0.4 is 0 Å². The van der Waals surface area contributed by atoms with Gasteiger partial charge >= 0.3 is 6.09 Å². The minimum absolute atomic E-state index is 0.0333. The normalized spacial score (nSPS) is 18.6. The molecule has 0 spiro atoms. The van der Waals surface area contributed by atoms with Crippen molar-refractivity contribution < 1.29 is 22.1 Å². The molecule has 2 rings (SSSR count). The summed E-state index contributed by atoms with van der Waals surface area (Å²) in [4.78, 5) is 13.7. The average Bonchev–Trinajstić information content (AvgIpc) is 2.93. The second kappa shape index (κ2) is 7.53. The number of amides is 1. The van der Waals surface area contributed by atoms with E-state index in [4.69, 9.17) is 8.92 Å². The number of likely N-dealkylation sites (tertiary alicyclic amines) is 1. The van der Waals surface area contributed by atoms with Crippen LogP contribution in [0.25, 0.3) is 0 Å². The molecule has 134 valence electrons. The summed E-state index contributed by atoms with van der Waals surface area (Å²) in [6, 6.07) is 8.60. The van der Waals surface area contributed by atoms with Gasteiger partial charge in [0.05, 0.1) is 12.6 Å². The molecule has 1 atom stereocenters. The zero-order chi connectivity index (χ0) is 17.8. The van der Waals surface area contributed by atoms with E-state index in [0.717, 1.165) is 6.42 Å². The first-order valence-electron chi connectivity index (χ1n) is 8.07. The molecule has 7 heteroatoms. The number of nitrogens with zero attached hydrogens (tertiary/aromatic N) is 1. The zero-order valence-electron chi connectivity index (χ0n) is 14.4. The molecule has 0 bridgehead atoms. The van der Waals surface area contributed by atoms with E-state index in [2.05, 4.69) is 0 Å². The first kappa shape index (κ1) is 18.7. The monoisotopic (exact) mass is 355 g/mol. The third-order valence-corrected chi connectivity index (χ3v) is 4.81. The Balaban J connectivity index is 1.91. The van der Waals surface area contributed by atoms with Gasteiger partial charge in [-0.1, -0.05) is 30.3 Å². The van der Waals surface area contributed by atoms with Crippen molar-refractivity contribution in [3.63, 3.8) is 0 Å². The van der Waals surface area contributed by atoms with E-state index >= 15 is 0 Å². The second-order valence-corrected chi connectivity index (χ2v) is 8.58. The van der Waals surface area contributed by atoms with E-state index in [1.165, 1.54) is 0 Å². The fourth-order valence-electron chi connectivity index (χ4n) is 2.57. The lowest BCUT2D eigenvalue weighted by Crippen LogP contribution is -2.42. The van der Waals surface area contributed by atoms with E-state index in [1.807, 2.05) is 6.07 Å². The maximum atomic E-state index is 12.2. The van der Waals surface area contributed by atoms with Crippen molar-refractivity contribution in [3.05, 3.63) is 35.9 Å². The predicted molar refractivity (Wildman–Crippen MR) is 91.0 cm³/mol.